The molecule has 3 heteroatoms. The molecule has 1 aromatic carbocycles. The second kappa shape index (κ2) is 5.42. The van der Waals surface area contributed by atoms with Gasteiger partial charge in [0.2, 0.25) is 0 Å². The average Bonchev–Trinajstić information content (AvgIpc) is 2.36. The molecule has 0 unspecified atom stereocenters. The Morgan fingerprint density at radius 3 is 2.78 bits per heavy atom. The Labute approximate surface area is 107 Å². The second-order valence-corrected chi connectivity index (χ2v) is 4.31. The maximum Gasteiger partial charge on any atom is 0.116 e. The van der Waals surface area contributed by atoms with Crippen LogP contribution in [0.4, 0.5) is 0 Å². The van der Waals surface area contributed by atoms with Gasteiger partial charge in [-0.2, -0.15) is 5.26 Å². The molecule has 18 heavy (non-hydrogen) atoms. The number of benzene rings is 1. The van der Waals surface area contributed by atoms with Gasteiger partial charge in [-0.3, -0.25) is 0 Å². The molecule has 0 spiro atoms. The minimum Gasteiger partial charge on any atom is -0.236 e. The van der Waals surface area contributed by atoms with Gasteiger partial charge in [-0.05, 0) is 49.6 Å². The molecule has 0 amide bonds. The first-order valence-corrected chi connectivity index (χ1v) is 5.98. The zero-order valence-corrected chi connectivity index (χ0v) is 10.6. The van der Waals surface area contributed by atoms with E-state index in [0.29, 0.717) is 6.42 Å². The summed E-state index contributed by atoms with van der Waals surface area (Å²) in [5.74, 6) is 0. The van der Waals surface area contributed by atoms with E-state index in [2.05, 4.69) is 42.0 Å². The van der Waals surface area contributed by atoms with Crippen LogP contribution in [0.15, 0.2) is 24.5 Å². The number of aromatic nitrogens is 2. The lowest BCUT2D eigenvalue weighted by Crippen LogP contribution is -1.90. The number of hydrogen-bond acceptors (Lipinski definition) is 3. The summed E-state index contributed by atoms with van der Waals surface area (Å²) < 4.78 is 0. The van der Waals surface area contributed by atoms with E-state index in [1.165, 1.54) is 11.1 Å². The van der Waals surface area contributed by atoms with Gasteiger partial charge in [0.1, 0.15) is 6.33 Å². The van der Waals surface area contributed by atoms with Crippen molar-refractivity contribution < 1.29 is 0 Å². The van der Waals surface area contributed by atoms with Gasteiger partial charge in [0.05, 0.1) is 17.3 Å². The number of unbranched alkanes of at least 4 members (excludes halogenated alkanes) is 1. The van der Waals surface area contributed by atoms with Crippen LogP contribution in [0.3, 0.4) is 0 Å². The van der Waals surface area contributed by atoms with Crippen LogP contribution in [-0.4, -0.2) is 9.97 Å². The van der Waals surface area contributed by atoms with Gasteiger partial charge in [0.25, 0.3) is 0 Å². The number of nitriles is 1. The molecule has 2 rings (SSSR count). The normalized spacial score (nSPS) is 10.9. The van der Waals surface area contributed by atoms with Crippen LogP contribution in [-0.2, 0) is 0 Å². The summed E-state index contributed by atoms with van der Waals surface area (Å²) in [6.45, 7) is 4.17. The van der Waals surface area contributed by atoms with E-state index < -0.39 is 0 Å². The Balaban J connectivity index is 2.42. The molecule has 0 radical (unpaired) electrons. The van der Waals surface area contributed by atoms with Crippen molar-refractivity contribution in [2.75, 3.05) is 0 Å². The minimum absolute atomic E-state index is 0.539. The molecular weight excluding hydrogens is 222 g/mol. The Morgan fingerprint density at radius 1 is 1.22 bits per heavy atom. The highest BCUT2D eigenvalue weighted by Gasteiger charge is 2.03. The number of hydrogen-bond donors (Lipinski definition) is 0. The molecule has 0 aliphatic rings. The van der Waals surface area contributed by atoms with Crippen LogP contribution in [0.2, 0.25) is 0 Å². The number of aryl methyl sites for hydroxylation is 2. The molecule has 3 nitrogen and oxygen atoms in total. The van der Waals surface area contributed by atoms with Gasteiger partial charge < -0.3 is 0 Å². The highest BCUT2D eigenvalue weighted by atomic mass is 14.8. The van der Waals surface area contributed by atoms with Crippen LogP contribution in [0.25, 0.3) is 17.0 Å². The molecule has 0 atom stereocenters. The van der Waals surface area contributed by atoms with Crippen LogP contribution in [0.5, 0.6) is 0 Å². The number of fused-ring (bicyclic) bond motifs is 1. The smallest absolute Gasteiger partial charge is 0.116 e. The highest BCUT2D eigenvalue weighted by molar-refractivity contribution is 5.87. The first-order valence-electron chi connectivity index (χ1n) is 5.98. The third-order valence-electron chi connectivity index (χ3n) is 2.98. The van der Waals surface area contributed by atoms with Gasteiger partial charge >= 0.3 is 0 Å². The molecule has 90 valence electrons. The van der Waals surface area contributed by atoms with Gasteiger partial charge in [-0.1, -0.05) is 6.08 Å². The number of allylic oxidation sites excluding steroid dienone is 1. The van der Waals surface area contributed by atoms with Gasteiger partial charge in [0, 0.05) is 11.8 Å². The minimum atomic E-state index is 0.539. The third kappa shape index (κ3) is 2.54. The fraction of sp³-hybridized carbons (Fsp3) is 0.267. The summed E-state index contributed by atoms with van der Waals surface area (Å²) in [4.78, 5) is 8.59. The van der Waals surface area contributed by atoms with E-state index in [-0.39, 0.29) is 0 Å². The molecule has 1 aromatic heterocycles. The monoisotopic (exact) mass is 237 g/mol. The van der Waals surface area contributed by atoms with E-state index in [1.807, 2.05) is 12.2 Å². The molecule has 0 aliphatic heterocycles. The topological polar surface area (TPSA) is 49.6 Å². The van der Waals surface area contributed by atoms with Gasteiger partial charge in [-0.25, -0.2) is 9.97 Å². The van der Waals surface area contributed by atoms with E-state index in [1.54, 1.807) is 6.33 Å². The Morgan fingerprint density at radius 2 is 2.00 bits per heavy atom. The van der Waals surface area contributed by atoms with E-state index in [4.69, 9.17) is 5.26 Å². The second-order valence-electron chi connectivity index (χ2n) is 4.31. The summed E-state index contributed by atoms with van der Waals surface area (Å²) in [5, 5.41) is 9.56. The Bertz CT molecular complexity index is 636. The molecular formula is C15H15N3. The zero-order valence-electron chi connectivity index (χ0n) is 10.6. The molecule has 2 aromatic rings. The molecule has 0 bridgehead atoms. The maximum atomic E-state index is 8.49. The molecule has 0 saturated heterocycles. The zero-order chi connectivity index (χ0) is 13.0. The SMILES string of the molecule is Cc1cc2ncnc(/C=C/CCC#N)c2cc1C. The van der Waals surface area contributed by atoms with Gasteiger partial charge in [-0.15, -0.1) is 0 Å². The van der Waals surface area contributed by atoms with Crippen LogP contribution < -0.4 is 0 Å². The lowest BCUT2D eigenvalue weighted by Gasteiger charge is -2.05. The van der Waals surface area contributed by atoms with E-state index in [0.717, 1.165) is 23.0 Å². The number of nitrogens with zero attached hydrogens (tertiary/aromatic N) is 3. The lowest BCUT2D eigenvalue weighted by atomic mass is 10.0. The van der Waals surface area contributed by atoms with Crippen molar-refractivity contribution in [1.82, 2.24) is 9.97 Å². The first kappa shape index (κ1) is 12.3. The summed E-state index contributed by atoms with van der Waals surface area (Å²) in [5.41, 5.74) is 4.36. The third-order valence-corrected chi connectivity index (χ3v) is 2.98. The van der Waals surface area contributed by atoms with Crippen molar-refractivity contribution >= 4 is 17.0 Å². The summed E-state index contributed by atoms with van der Waals surface area (Å²) >= 11 is 0. The van der Waals surface area contributed by atoms with Crippen molar-refractivity contribution in [3.63, 3.8) is 0 Å². The fourth-order valence-electron chi connectivity index (χ4n) is 1.81. The van der Waals surface area contributed by atoms with Gasteiger partial charge in [0.15, 0.2) is 0 Å². The summed E-state index contributed by atoms with van der Waals surface area (Å²) in [6.07, 6.45) is 6.84. The largest absolute Gasteiger partial charge is 0.236 e. The van der Waals surface area contributed by atoms with Crippen molar-refractivity contribution in [1.29, 1.82) is 5.26 Å². The van der Waals surface area contributed by atoms with E-state index >= 15 is 0 Å². The Kier molecular flexibility index (Phi) is 3.69. The predicted molar refractivity (Wildman–Crippen MR) is 72.9 cm³/mol. The average molecular weight is 237 g/mol. The van der Waals surface area contributed by atoms with Crippen molar-refractivity contribution in [2.24, 2.45) is 0 Å². The predicted octanol–water partition coefficient (Wildman–Crippen LogP) is 3.56. The van der Waals surface area contributed by atoms with Crippen molar-refractivity contribution in [3.05, 3.63) is 41.4 Å². The first-order chi connectivity index (χ1) is 8.72. The maximum absolute atomic E-state index is 8.49. The molecule has 0 saturated carbocycles. The van der Waals surface area contributed by atoms with Crippen molar-refractivity contribution in [2.45, 2.75) is 26.7 Å². The summed E-state index contributed by atoms with van der Waals surface area (Å²) in [6, 6.07) is 6.33. The standard InChI is InChI=1S/C15H15N3/c1-11-8-13-14(6-4-3-5-7-16)17-10-18-15(13)9-12(11)2/h4,6,8-10H,3,5H2,1-2H3/b6-4+. The molecule has 0 N–H and O–H groups in total. The molecule has 1 heterocycles. The van der Waals surface area contributed by atoms with Crippen LogP contribution >= 0.6 is 0 Å². The Hall–Kier alpha value is -2.21. The fourth-order valence-corrected chi connectivity index (χ4v) is 1.81. The summed E-state index contributed by atoms with van der Waals surface area (Å²) in [7, 11) is 0. The lowest BCUT2D eigenvalue weighted by molar-refractivity contribution is 1.06. The van der Waals surface area contributed by atoms with Crippen LogP contribution in [0, 0.1) is 25.2 Å². The molecule has 0 fully saturated rings. The van der Waals surface area contributed by atoms with Crippen molar-refractivity contribution in [3.8, 4) is 6.07 Å². The van der Waals surface area contributed by atoms with E-state index in [9.17, 15) is 0 Å². The molecule has 0 aliphatic carbocycles. The van der Waals surface area contributed by atoms with Crippen LogP contribution in [0.1, 0.15) is 29.7 Å². The number of rotatable bonds is 3. The quantitative estimate of drug-likeness (QED) is 0.767. The highest BCUT2D eigenvalue weighted by Crippen LogP contribution is 2.20.